The lowest BCUT2D eigenvalue weighted by Gasteiger charge is -2.32. The second-order valence-electron chi connectivity index (χ2n) is 6.22. The van der Waals surface area contributed by atoms with Crippen LogP contribution in [0.25, 0.3) is 0 Å². The summed E-state index contributed by atoms with van der Waals surface area (Å²) in [4.78, 5) is 25.8. The first-order valence-corrected chi connectivity index (χ1v) is 7.44. The maximum absolute atomic E-state index is 12.9. The lowest BCUT2D eigenvalue weighted by atomic mass is 10.0. The summed E-state index contributed by atoms with van der Waals surface area (Å²) in [5.74, 6) is -0.481. The Balaban J connectivity index is 2.33. The fourth-order valence-corrected chi connectivity index (χ4v) is 2.54. The van der Waals surface area contributed by atoms with Crippen LogP contribution < -0.4 is 0 Å². The topological polar surface area (TPSA) is 70.7 Å². The molecule has 1 aliphatic carbocycles. The second kappa shape index (κ2) is 5.92. The molecule has 116 valence electrons. The van der Waals surface area contributed by atoms with Crippen molar-refractivity contribution in [3.8, 4) is 0 Å². The predicted molar refractivity (Wildman–Crippen MR) is 78.3 cm³/mol. The number of carbonyl (C=O) groups is 2. The molecule has 1 saturated carbocycles. The van der Waals surface area contributed by atoms with Gasteiger partial charge in [0.1, 0.15) is 12.2 Å². The van der Waals surface area contributed by atoms with E-state index in [0.29, 0.717) is 17.0 Å². The Hall–Kier alpha value is -1.78. The van der Waals surface area contributed by atoms with Crippen LogP contribution in [-0.4, -0.2) is 34.0 Å². The molecule has 0 aromatic carbocycles. The van der Waals surface area contributed by atoms with Gasteiger partial charge in [0.05, 0.1) is 11.8 Å². The Morgan fingerprint density at radius 3 is 2.48 bits per heavy atom. The number of carboxylic acid groups (broad SMARTS) is 1. The number of hydrogen-bond acceptors (Lipinski definition) is 3. The van der Waals surface area contributed by atoms with E-state index in [-0.39, 0.29) is 30.2 Å². The number of carbonyl (C=O) groups excluding carboxylic acids is 1. The normalized spacial score (nSPS) is 16.0. The third-order valence-electron chi connectivity index (χ3n) is 4.16. The highest BCUT2D eigenvalue weighted by atomic mass is 16.4. The Labute approximate surface area is 124 Å². The molecule has 1 aliphatic rings. The minimum Gasteiger partial charge on any atom is -0.481 e. The summed E-state index contributed by atoms with van der Waals surface area (Å²) in [6, 6.07) is 0.402. The van der Waals surface area contributed by atoms with E-state index < -0.39 is 5.97 Å². The fraction of sp³-hybridized carbons (Fsp3) is 0.625. The molecule has 1 aromatic heterocycles. The number of furan rings is 1. The SMILES string of the molecule is Cc1coc(CC(=O)O)c1C(=O)N(C1CC1)C(C)C(C)C. The molecular weight excluding hydrogens is 270 g/mol. The molecule has 0 spiro atoms. The minimum absolute atomic E-state index is 0.0961. The van der Waals surface area contributed by atoms with E-state index in [1.54, 1.807) is 6.92 Å². The van der Waals surface area contributed by atoms with Crippen molar-refractivity contribution in [1.29, 1.82) is 0 Å². The zero-order valence-electron chi connectivity index (χ0n) is 13.0. The van der Waals surface area contributed by atoms with Gasteiger partial charge in [-0.3, -0.25) is 9.59 Å². The molecule has 1 N–H and O–H groups in total. The molecule has 0 bridgehead atoms. The number of hydrogen-bond donors (Lipinski definition) is 1. The Bertz CT molecular complexity index is 542. The molecule has 2 rings (SSSR count). The Morgan fingerprint density at radius 1 is 1.38 bits per heavy atom. The summed E-state index contributed by atoms with van der Waals surface area (Å²) in [7, 11) is 0. The summed E-state index contributed by atoms with van der Waals surface area (Å²) >= 11 is 0. The molecule has 1 atom stereocenters. The standard InChI is InChI=1S/C16H23NO4/c1-9(2)11(4)17(12-5-6-12)16(20)15-10(3)8-21-13(15)7-14(18)19/h8-9,11-12H,5-7H2,1-4H3,(H,18,19). The molecule has 1 amide bonds. The zero-order chi connectivity index (χ0) is 15.7. The van der Waals surface area contributed by atoms with Gasteiger partial charge in [0, 0.05) is 17.6 Å². The number of amides is 1. The fourth-order valence-electron chi connectivity index (χ4n) is 2.54. The van der Waals surface area contributed by atoms with E-state index >= 15 is 0 Å². The van der Waals surface area contributed by atoms with E-state index in [2.05, 4.69) is 13.8 Å². The number of aliphatic carboxylic acids is 1. The highest BCUT2D eigenvalue weighted by Crippen LogP contribution is 2.33. The van der Waals surface area contributed by atoms with Crippen molar-refractivity contribution in [3.63, 3.8) is 0 Å². The molecule has 5 nitrogen and oxygen atoms in total. The maximum Gasteiger partial charge on any atom is 0.311 e. The van der Waals surface area contributed by atoms with Crippen LogP contribution >= 0.6 is 0 Å². The van der Waals surface area contributed by atoms with Crippen LogP contribution in [0.5, 0.6) is 0 Å². The van der Waals surface area contributed by atoms with Gasteiger partial charge in [0.15, 0.2) is 0 Å². The molecule has 1 heterocycles. The van der Waals surface area contributed by atoms with Gasteiger partial charge in [-0.15, -0.1) is 0 Å². The zero-order valence-corrected chi connectivity index (χ0v) is 13.0. The van der Waals surface area contributed by atoms with Crippen LogP contribution in [0.3, 0.4) is 0 Å². The van der Waals surface area contributed by atoms with E-state index in [0.717, 1.165) is 12.8 Å². The summed E-state index contributed by atoms with van der Waals surface area (Å²) in [6.07, 6.45) is 3.25. The third-order valence-corrected chi connectivity index (χ3v) is 4.16. The molecule has 1 unspecified atom stereocenters. The van der Waals surface area contributed by atoms with Crippen molar-refractivity contribution in [1.82, 2.24) is 4.90 Å². The molecule has 0 radical (unpaired) electrons. The summed E-state index contributed by atoms with van der Waals surface area (Å²) in [6.45, 7) is 8.02. The lowest BCUT2D eigenvalue weighted by Crippen LogP contribution is -2.43. The van der Waals surface area contributed by atoms with Crippen LogP contribution in [-0.2, 0) is 11.2 Å². The van der Waals surface area contributed by atoms with Gasteiger partial charge in [-0.2, -0.15) is 0 Å². The van der Waals surface area contributed by atoms with Gasteiger partial charge in [0.25, 0.3) is 5.91 Å². The van der Waals surface area contributed by atoms with Crippen molar-refractivity contribution in [3.05, 3.63) is 23.2 Å². The van der Waals surface area contributed by atoms with Crippen molar-refractivity contribution in [2.45, 2.75) is 59.0 Å². The Kier molecular flexibility index (Phi) is 4.40. The molecular formula is C16H23NO4. The van der Waals surface area contributed by atoms with E-state index in [9.17, 15) is 9.59 Å². The highest BCUT2D eigenvalue weighted by molar-refractivity contribution is 5.98. The number of rotatable bonds is 6. The predicted octanol–water partition coefficient (Wildman–Crippen LogP) is 2.86. The van der Waals surface area contributed by atoms with E-state index in [1.807, 2.05) is 11.8 Å². The lowest BCUT2D eigenvalue weighted by molar-refractivity contribution is -0.136. The van der Waals surface area contributed by atoms with Crippen molar-refractivity contribution in [2.24, 2.45) is 5.92 Å². The first kappa shape index (κ1) is 15.6. The van der Waals surface area contributed by atoms with Crippen LogP contribution in [0, 0.1) is 12.8 Å². The molecule has 5 heteroatoms. The first-order valence-electron chi connectivity index (χ1n) is 7.44. The number of aryl methyl sites for hydroxylation is 1. The van der Waals surface area contributed by atoms with Crippen molar-refractivity contribution < 1.29 is 19.1 Å². The Morgan fingerprint density at radius 2 is 2.00 bits per heavy atom. The van der Waals surface area contributed by atoms with Gasteiger partial charge in [-0.1, -0.05) is 13.8 Å². The molecule has 0 saturated heterocycles. The average Bonchev–Trinajstić information content (AvgIpc) is 3.14. The smallest absolute Gasteiger partial charge is 0.311 e. The second-order valence-corrected chi connectivity index (χ2v) is 6.22. The number of nitrogens with zero attached hydrogens (tertiary/aromatic N) is 1. The average molecular weight is 293 g/mol. The molecule has 21 heavy (non-hydrogen) atoms. The summed E-state index contributed by atoms with van der Waals surface area (Å²) in [5.41, 5.74) is 1.13. The monoisotopic (exact) mass is 293 g/mol. The summed E-state index contributed by atoms with van der Waals surface area (Å²) in [5, 5.41) is 8.96. The van der Waals surface area contributed by atoms with Crippen LogP contribution in [0.4, 0.5) is 0 Å². The molecule has 0 aliphatic heterocycles. The van der Waals surface area contributed by atoms with Crippen molar-refractivity contribution in [2.75, 3.05) is 0 Å². The maximum atomic E-state index is 12.9. The first-order chi connectivity index (χ1) is 9.82. The van der Waals surface area contributed by atoms with Crippen molar-refractivity contribution >= 4 is 11.9 Å². The summed E-state index contributed by atoms with van der Waals surface area (Å²) < 4.78 is 5.29. The third kappa shape index (κ3) is 3.28. The molecule has 1 fully saturated rings. The van der Waals surface area contributed by atoms with Crippen LogP contribution in [0.1, 0.15) is 55.3 Å². The largest absolute Gasteiger partial charge is 0.481 e. The molecule has 1 aromatic rings. The number of carboxylic acids is 1. The van der Waals surface area contributed by atoms with Gasteiger partial charge < -0.3 is 14.4 Å². The van der Waals surface area contributed by atoms with Gasteiger partial charge in [-0.25, -0.2) is 0 Å². The van der Waals surface area contributed by atoms with Crippen LogP contribution in [0.15, 0.2) is 10.7 Å². The van der Waals surface area contributed by atoms with Gasteiger partial charge >= 0.3 is 5.97 Å². The van der Waals surface area contributed by atoms with Gasteiger partial charge in [0.2, 0.25) is 0 Å². The quantitative estimate of drug-likeness (QED) is 0.875. The van der Waals surface area contributed by atoms with E-state index in [4.69, 9.17) is 9.52 Å². The van der Waals surface area contributed by atoms with E-state index in [1.165, 1.54) is 6.26 Å². The highest BCUT2D eigenvalue weighted by Gasteiger charge is 2.39. The van der Waals surface area contributed by atoms with Gasteiger partial charge in [-0.05, 0) is 32.6 Å². The minimum atomic E-state index is -0.992. The van der Waals surface area contributed by atoms with Crippen LogP contribution in [0.2, 0.25) is 0 Å².